The molecule has 0 radical (unpaired) electrons. The predicted octanol–water partition coefficient (Wildman–Crippen LogP) is 1.22. The summed E-state index contributed by atoms with van der Waals surface area (Å²) < 4.78 is 0. The summed E-state index contributed by atoms with van der Waals surface area (Å²) in [5, 5.41) is 12.1. The van der Waals surface area contributed by atoms with E-state index in [1.54, 1.807) is 18.2 Å². The van der Waals surface area contributed by atoms with Crippen molar-refractivity contribution in [2.45, 2.75) is 6.92 Å². The zero-order chi connectivity index (χ0) is 14.0. The topological polar surface area (TPSA) is 108 Å². The predicted molar refractivity (Wildman–Crippen MR) is 72.3 cm³/mol. The van der Waals surface area contributed by atoms with Crippen LogP contribution in [0.15, 0.2) is 35.3 Å². The van der Waals surface area contributed by atoms with Gasteiger partial charge in [-0.2, -0.15) is 0 Å². The molecule has 0 spiro atoms. The van der Waals surface area contributed by atoms with Crippen molar-refractivity contribution in [3.63, 3.8) is 0 Å². The van der Waals surface area contributed by atoms with Gasteiger partial charge in [-0.3, -0.25) is 9.59 Å². The molecule has 5 N–H and O–H groups in total. The molecule has 0 aliphatic heterocycles. The number of H-pyrrole nitrogens is 1. The quantitative estimate of drug-likeness (QED) is 0.608. The van der Waals surface area contributed by atoms with Crippen LogP contribution in [0.2, 0.25) is 0 Å². The van der Waals surface area contributed by atoms with Crippen LogP contribution in [0.3, 0.4) is 0 Å². The first kappa shape index (κ1) is 12.7. The Bertz CT molecular complexity index is 692. The van der Waals surface area contributed by atoms with E-state index in [0.29, 0.717) is 11.4 Å². The third kappa shape index (κ3) is 2.74. The highest BCUT2D eigenvalue weighted by atomic mass is 16.3. The summed E-state index contributed by atoms with van der Waals surface area (Å²) in [4.78, 5) is 25.2. The van der Waals surface area contributed by atoms with Gasteiger partial charge in [0.25, 0.3) is 11.5 Å². The van der Waals surface area contributed by atoms with Crippen molar-refractivity contribution >= 4 is 17.3 Å². The minimum absolute atomic E-state index is 0.0282. The zero-order valence-electron chi connectivity index (χ0n) is 10.2. The molecule has 0 saturated carbocycles. The average molecular weight is 259 g/mol. The second-order valence-corrected chi connectivity index (χ2v) is 4.14. The molecule has 0 aliphatic carbocycles. The number of aromatic hydroxyl groups is 1. The van der Waals surface area contributed by atoms with E-state index >= 15 is 0 Å². The van der Waals surface area contributed by atoms with Gasteiger partial charge in [0, 0.05) is 12.3 Å². The normalized spacial score (nSPS) is 10.2. The lowest BCUT2D eigenvalue weighted by molar-refractivity contribution is 0.102. The van der Waals surface area contributed by atoms with E-state index in [1.165, 1.54) is 0 Å². The van der Waals surface area contributed by atoms with Crippen LogP contribution in [-0.4, -0.2) is 16.0 Å². The van der Waals surface area contributed by atoms with Crippen LogP contribution in [0.4, 0.5) is 11.4 Å². The van der Waals surface area contributed by atoms with Gasteiger partial charge in [-0.15, -0.1) is 0 Å². The number of carbonyl (C=O) groups is 1. The number of carbonyl (C=O) groups excluding carboxylic acids is 1. The number of aromatic nitrogens is 1. The van der Waals surface area contributed by atoms with Gasteiger partial charge in [0.1, 0.15) is 5.75 Å². The van der Waals surface area contributed by atoms with Crippen LogP contribution in [0.5, 0.6) is 5.75 Å². The Labute approximate surface area is 108 Å². The summed E-state index contributed by atoms with van der Waals surface area (Å²) in [6.07, 6.45) is 1.15. The summed E-state index contributed by atoms with van der Waals surface area (Å²) in [6.45, 7) is 1.88. The molecule has 2 rings (SSSR count). The number of aromatic amines is 1. The zero-order valence-corrected chi connectivity index (χ0v) is 10.2. The largest absolute Gasteiger partial charge is 0.507 e. The van der Waals surface area contributed by atoms with Gasteiger partial charge in [-0.05, 0) is 24.6 Å². The van der Waals surface area contributed by atoms with Crippen molar-refractivity contribution in [3.8, 4) is 5.75 Å². The molecule has 0 fully saturated rings. The van der Waals surface area contributed by atoms with E-state index < -0.39 is 11.5 Å². The van der Waals surface area contributed by atoms with Crippen LogP contribution in [-0.2, 0) is 0 Å². The van der Waals surface area contributed by atoms with E-state index in [9.17, 15) is 14.7 Å². The Morgan fingerprint density at radius 2 is 2.11 bits per heavy atom. The second kappa shape index (κ2) is 4.85. The molecule has 6 nitrogen and oxygen atoms in total. The molecule has 0 unspecified atom stereocenters. The van der Waals surface area contributed by atoms with Gasteiger partial charge in [-0.1, -0.05) is 6.07 Å². The second-order valence-electron chi connectivity index (χ2n) is 4.14. The van der Waals surface area contributed by atoms with Crippen LogP contribution in [0.1, 0.15) is 15.9 Å². The molecule has 6 heteroatoms. The molecule has 0 saturated heterocycles. The highest BCUT2D eigenvalue weighted by Gasteiger charge is 2.13. The molecule has 1 aromatic carbocycles. The molecule has 98 valence electrons. The summed E-state index contributed by atoms with van der Waals surface area (Å²) in [6, 6.07) is 6.14. The molecule has 1 aromatic heterocycles. The summed E-state index contributed by atoms with van der Waals surface area (Å²) >= 11 is 0. The summed E-state index contributed by atoms with van der Waals surface area (Å²) in [5.41, 5.74) is 7.11. The monoisotopic (exact) mass is 259 g/mol. The van der Waals surface area contributed by atoms with E-state index in [-0.39, 0.29) is 11.3 Å². The third-order valence-corrected chi connectivity index (χ3v) is 2.60. The Kier molecular flexibility index (Phi) is 3.24. The number of amides is 1. The fourth-order valence-electron chi connectivity index (χ4n) is 1.63. The Balaban J connectivity index is 2.28. The van der Waals surface area contributed by atoms with E-state index in [1.807, 2.05) is 6.92 Å². The molecule has 0 aliphatic rings. The van der Waals surface area contributed by atoms with Crippen LogP contribution < -0.4 is 16.6 Å². The molecule has 19 heavy (non-hydrogen) atoms. The summed E-state index contributed by atoms with van der Waals surface area (Å²) in [5.74, 6) is -0.934. The molecular weight excluding hydrogens is 246 g/mol. The first-order valence-corrected chi connectivity index (χ1v) is 5.56. The molecule has 1 amide bonds. The average Bonchev–Trinajstić information content (AvgIpc) is 2.32. The maximum Gasteiger partial charge on any atom is 0.260 e. The maximum atomic E-state index is 11.9. The van der Waals surface area contributed by atoms with Crippen molar-refractivity contribution in [2.24, 2.45) is 0 Å². The highest BCUT2D eigenvalue weighted by Crippen LogP contribution is 2.21. The molecule has 0 atom stereocenters. The summed E-state index contributed by atoms with van der Waals surface area (Å²) in [7, 11) is 0. The lowest BCUT2D eigenvalue weighted by atomic mass is 10.2. The number of anilines is 2. The lowest BCUT2D eigenvalue weighted by Gasteiger charge is -2.09. The number of nitrogens with one attached hydrogen (secondary N) is 2. The fourth-order valence-corrected chi connectivity index (χ4v) is 1.63. The van der Waals surface area contributed by atoms with Gasteiger partial charge in [0.15, 0.2) is 0 Å². The van der Waals surface area contributed by atoms with Gasteiger partial charge in [0.2, 0.25) is 0 Å². The smallest absolute Gasteiger partial charge is 0.260 e. The first-order valence-electron chi connectivity index (χ1n) is 5.56. The standard InChI is InChI=1S/C13H13N3O3/c1-7-2-3-10(9(14)4-7)16-13(19)8-6-15-12(18)5-11(8)17/h2-6H,14H2,1H3,(H,16,19)(H2,15,17,18). The maximum absolute atomic E-state index is 11.9. The number of pyridine rings is 1. The number of rotatable bonds is 2. The van der Waals surface area contributed by atoms with Crippen molar-refractivity contribution in [1.82, 2.24) is 4.98 Å². The fraction of sp³-hybridized carbons (Fsp3) is 0.0769. The van der Waals surface area contributed by atoms with Crippen molar-refractivity contribution in [1.29, 1.82) is 0 Å². The van der Waals surface area contributed by atoms with Gasteiger partial charge >= 0.3 is 0 Å². The van der Waals surface area contributed by atoms with Gasteiger partial charge < -0.3 is 21.1 Å². The van der Waals surface area contributed by atoms with Crippen molar-refractivity contribution in [3.05, 3.63) is 51.9 Å². The number of benzene rings is 1. The Morgan fingerprint density at radius 3 is 2.74 bits per heavy atom. The van der Waals surface area contributed by atoms with E-state index in [2.05, 4.69) is 10.3 Å². The van der Waals surface area contributed by atoms with E-state index in [4.69, 9.17) is 5.73 Å². The van der Waals surface area contributed by atoms with Crippen LogP contribution in [0.25, 0.3) is 0 Å². The Hall–Kier alpha value is -2.76. The van der Waals surface area contributed by atoms with E-state index in [0.717, 1.165) is 17.8 Å². The number of hydrogen-bond acceptors (Lipinski definition) is 4. The first-order chi connectivity index (χ1) is 8.97. The molecular formula is C13H13N3O3. The lowest BCUT2D eigenvalue weighted by Crippen LogP contribution is -2.16. The van der Waals surface area contributed by atoms with Gasteiger partial charge in [0.05, 0.1) is 16.9 Å². The minimum Gasteiger partial charge on any atom is -0.507 e. The molecule has 0 bridgehead atoms. The van der Waals surface area contributed by atoms with Crippen molar-refractivity contribution < 1.29 is 9.90 Å². The highest BCUT2D eigenvalue weighted by molar-refractivity contribution is 6.07. The minimum atomic E-state index is -0.552. The number of nitrogen functional groups attached to an aromatic ring is 1. The number of aryl methyl sites for hydroxylation is 1. The Morgan fingerprint density at radius 1 is 1.37 bits per heavy atom. The number of hydrogen-bond donors (Lipinski definition) is 4. The molecule has 2 aromatic rings. The third-order valence-electron chi connectivity index (χ3n) is 2.60. The van der Waals surface area contributed by atoms with Crippen LogP contribution >= 0.6 is 0 Å². The SMILES string of the molecule is Cc1ccc(NC(=O)c2c[nH]c(=O)cc2O)c(N)c1. The number of nitrogens with two attached hydrogens (primary N) is 1. The molecule has 1 heterocycles. The van der Waals surface area contributed by atoms with Crippen molar-refractivity contribution in [2.75, 3.05) is 11.1 Å². The van der Waals surface area contributed by atoms with Crippen LogP contribution in [0, 0.1) is 6.92 Å². The van der Waals surface area contributed by atoms with Gasteiger partial charge in [-0.25, -0.2) is 0 Å².